The Morgan fingerprint density at radius 1 is 1.43 bits per heavy atom. The highest BCUT2D eigenvalue weighted by molar-refractivity contribution is 5.95. The third-order valence-electron chi connectivity index (χ3n) is 3.30. The summed E-state index contributed by atoms with van der Waals surface area (Å²) in [6, 6.07) is 3.10. The second kappa shape index (κ2) is 4.89. The molecule has 0 radical (unpaired) electrons. The Labute approximate surface area is 119 Å². The number of nitrogens with one attached hydrogen (secondary N) is 2. The average Bonchev–Trinajstić information content (AvgIpc) is 2.83. The zero-order valence-electron chi connectivity index (χ0n) is 11.3. The topological polar surface area (TPSA) is 102 Å². The Balaban J connectivity index is 2.02. The van der Waals surface area contributed by atoms with E-state index in [1.807, 2.05) is 0 Å². The Morgan fingerprint density at radius 3 is 2.90 bits per heavy atom. The second-order valence-corrected chi connectivity index (χ2v) is 4.86. The number of anilines is 3. The van der Waals surface area contributed by atoms with Gasteiger partial charge in [0.05, 0.1) is 22.5 Å². The molecule has 2 N–H and O–H groups in total. The SMILES string of the molecule is Cn1cc(Nc2cc3c(cc2[N+](=O)[O-])NC(=O)CC3)cn1. The minimum Gasteiger partial charge on any atom is -0.347 e. The van der Waals surface area contributed by atoms with Crippen molar-refractivity contribution >= 4 is 28.7 Å². The summed E-state index contributed by atoms with van der Waals surface area (Å²) in [4.78, 5) is 22.1. The second-order valence-electron chi connectivity index (χ2n) is 4.86. The predicted molar refractivity (Wildman–Crippen MR) is 76.5 cm³/mol. The Hall–Kier alpha value is -2.90. The van der Waals surface area contributed by atoms with Crippen molar-refractivity contribution in [2.75, 3.05) is 10.6 Å². The first-order valence-corrected chi connectivity index (χ1v) is 6.40. The number of nitro groups is 1. The van der Waals surface area contributed by atoms with E-state index in [1.54, 1.807) is 30.2 Å². The number of fused-ring (bicyclic) bond motifs is 1. The summed E-state index contributed by atoms with van der Waals surface area (Å²) in [5, 5.41) is 20.9. The van der Waals surface area contributed by atoms with E-state index in [-0.39, 0.29) is 11.6 Å². The summed E-state index contributed by atoms with van der Waals surface area (Å²) >= 11 is 0. The van der Waals surface area contributed by atoms with E-state index >= 15 is 0 Å². The van der Waals surface area contributed by atoms with Gasteiger partial charge >= 0.3 is 0 Å². The lowest BCUT2D eigenvalue weighted by Crippen LogP contribution is -2.19. The molecule has 8 heteroatoms. The molecule has 0 aliphatic carbocycles. The van der Waals surface area contributed by atoms with Crippen LogP contribution < -0.4 is 10.6 Å². The minimum atomic E-state index is -0.472. The lowest BCUT2D eigenvalue weighted by Gasteiger charge is -2.18. The fraction of sp³-hybridized carbons (Fsp3) is 0.231. The molecule has 108 valence electrons. The molecule has 8 nitrogen and oxygen atoms in total. The maximum absolute atomic E-state index is 11.4. The van der Waals surface area contributed by atoms with Crippen molar-refractivity contribution in [3.8, 4) is 0 Å². The Morgan fingerprint density at radius 2 is 2.24 bits per heavy atom. The molecule has 0 spiro atoms. The van der Waals surface area contributed by atoms with Crippen molar-refractivity contribution in [1.29, 1.82) is 0 Å². The van der Waals surface area contributed by atoms with Gasteiger partial charge < -0.3 is 10.6 Å². The third kappa shape index (κ3) is 2.55. The molecule has 2 aromatic rings. The quantitative estimate of drug-likeness (QED) is 0.663. The van der Waals surface area contributed by atoms with Crippen molar-refractivity contribution in [3.05, 3.63) is 40.2 Å². The Kier molecular flexibility index (Phi) is 3.05. The van der Waals surface area contributed by atoms with Gasteiger partial charge in [0.2, 0.25) is 5.91 Å². The summed E-state index contributed by atoms with van der Waals surface area (Å²) in [6.07, 6.45) is 4.27. The van der Waals surface area contributed by atoms with E-state index in [4.69, 9.17) is 0 Å². The van der Waals surface area contributed by atoms with Crippen LogP contribution in [-0.4, -0.2) is 20.6 Å². The van der Waals surface area contributed by atoms with Gasteiger partial charge in [0, 0.05) is 25.7 Å². The number of benzene rings is 1. The molecule has 0 saturated heterocycles. The predicted octanol–water partition coefficient (Wildman–Crippen LogP) is 1.96. The lowest BCUT2D eigenvalue weighted by molar-refractivity contribution is -0.383. The number of amides is 1. The van der Waals surface area contributed by atoms with Gasteiger partial charge in [0.15, 0.2) is 0 Å². The maximum atomic E-state index is 11.4. The number of nitro benzene ring substituents is 1. The van der Waals surface area contributed by atoms with Crippen LogP contribution in [0.4, 0.5) is 22.7 Å². The molecule has 1 aromatic carbocycles. The van der Waals surface area contributed by atoms with E-state index in [2.05, 4.69) is 15.7 Å². The van der Waals surface area contributed by atoms with Gasteiger partial charge in [-0.15, -0.1) is 0 Å². The van der Waals surface area contributed by atoms with Gasteiger partial charge in [-0.1, -0.05) is 0 Å². The molecule has 3 rings (SSSR count). The number of nitrogens with zero attached hydrogens (tertiary/aromatic N) is 3. The molecule has 0 bridgehead atoms. The first-order chi connectivity index (χ1) is 10.0. The molecule has 1 aromatic heterocycles. The van der Waals surface area contributed by atoms with Crippen LogP contribution in [0.1, 0.15) is 12.0 Å². The van der Waals surface area contributed by atoms with Crippen LogP contribution in [0.15, 0.2) is 24.5 Å². The number of hydrogen-bond acceptors (Lipinski definition) is 5. The van der Waals surface area contributed by atoms with Crippen LogP contribution in [-0.2, 0) is 18.3 Å². The van der Waals surface area contributed by atoms with Gasteiger partial charge in [-0.05, 0) is 18.1 Å². The number of hydrogen-bond donors (Lipinski definition) is 2. The summed E-state index contributed by atoms with van der Waals surface area (Å²) in [6.45, 7) is 0. The monoisotopic (exact) mass is 287 g/mol. The van der Waals surface area contributed by atoms with E-state index in [1.165, 1.54) is 6.07 Å². The summed E-state index contributed by atoms with van der Waals surface area (Å²) in [5.74, 6) is -0.121. The highest BCUT2D eigenvalue weighted by Gasteiger charge is 2.22. The highest BCUT2D eigenvalue weighted by Crippen LogP contribution is 2.35. The number of carbonyl (C=O) groups is 1. The third-order valence-corrected chi connectivity index (χ3v) is 3.30. The normalized spacial score (nSPS) is 13.5. The largest absolute Gasteiger partial charge is 0.347 e. The molecule has 21 heavy (non-hydrogen) atoms. The highest BCUT2D eigenvalue weighted by atomic mass is 16.6. The molecule has 1 amide bonds. The van der Waals surface area contributed by atoms with Crippen LogP contribution >= 0.6 is 0 Å². The van der Waals surface area contributed by atoms with Crippen LogP contribution in [0.25, 0.3) is 0 Å². The smallest absolute Gasteiger partial charge is 0.294 e. The van der Waals surface area contributed by atoms with Crippen molar-refractivity contribution < 1.29 is 9.72 Å². The van der Waals surface area contributed by atoms with Crippen molar-refractivity contribution in [1.82, 2.24) is 9.78 Å². The van der Waals surface area contributed by atoms with Crippen LogP contribution in [0.2, 0.25) is 0 Å². The molecule has 0 saturated carbocycles. The molecule has 0 fully saturated rings. The van der Waals surface area contributed by atoms with Crippen LogP contribution in [0.5, 0.6) is 0 Å². The summed E-state index contributed by atoms with van der Waals surface area (Å²) in [5.41, 5.74) is 2.37. The summed E-state index contributed by atoms with van der Waals surface area (Å²) in [7, 11) is 1.77. The van der Waals surface area contributed by atoms with Crippen molar-refractivity contribution in [3.63, 3.8) is 0 Å². The zero-order valence-corrected chi connectivity index (χ0v) is 11.3. The van der Waals surface area contributed by atoms with E-state index in [0.717, 1.165) is 5.56 Å². The van der Waals surface area contributed by atoms with E-state index in [0.29, 0.717) is 29.9 Å². The first-order valence-electron chi connectivity index (χ1n) is 6.40. The number of aryl methyl sites for hydroxylation is 2. The Bertz CT molecular complexity index is 737. The molecule has 0 atom stereocenters. The number of rotatable bonds is 3. The van der Waals surface area contributed by atoms with E-state index in [9.17, 15) is 14.9 Å². The molecule has 1 aliphatic rings. The van der Waals surface area contributed by atoms with Gasteiger partial charge in [0.25, 0.3) is 5.69 Å². The molecular formula is C13H13N5O3. The van der Waals surface area contributed by atoms with Gasteiger partial charge in [-0.2, -0.15) is 5.10 Å². The first kappa shape index (κ1) is 13.1. The zero-order chi connectivity index (χ0) is 15.0. The van der Waals surface area contributed by atoms with Gasteiger partial charge in [-0.25, -0.2) is 0 Å². The van der Waals surface area contributed by atoms with Crippen molar-refractivity contribution in [2.45, 2.75) is 12.8 Å². The molecular weight excluding hydrogens is 274 g/mol. The minimum absolute atomic E-state index is 0.0835. The fourth-order valence-corrected chi connectivity index (χ4v) is 2.31. The lowest BCUT2D eigenvalue weighted by atomic mass is 10.0. The molecule has 0 unspecified atom stereocenters. The molecule has 1 aliphatic heterocycles. The average molecular weight is 287 g/mol. The molecule has 2 heterocycles. The maximum Gasteiger partial charge on any atom is 0.294 e. The van der Waals surface area contributed by atoms with Crippen molar-refractivity contribution in [2.24, 2.45) is 7.05 Å². The van der Waals surface area contributed by atoms with Gasteiger partial charge in [0.1, 0.15) is 5.69 Å². The number of aromatic nitrogens is 2. The number of carbonyl (C=O) groups excluding carboxylic acids is 1. The van der Waals surface area contributed by atoms with Crippen LogP contribution in [0.3, 0.4) is 0 Å². The summed E-state index contributed by atoms with van der Waals surface area (Å²) < 4.78 is 1.60. The standard InChI is InChI=1S/C13H13N5O3/c1-17-7-9(6-14-17)15-11-4-8-2-3-13(19)16-10(8)5-12(11)18(20)21/h4-7,15H,2-3H2,1H3,(H,16,19). The van der Waals surface area contributed by atoms with Crippen LogP contribution in [0, 0.1) is 10.1 Å². The fourth-order valence-electron chi connectivity index (χ4n) is 2.31. The van der Waals surface area contributed by atoms with Gasteiger partial charge in [-0.3, -0.25) is 19.6 Å². The van der Waals surface area contributed by atoms with E-state index < -0.39 is 4.92 Å².